The van der Waals surface area contributed by atoms with Gasteiger partial charge in [-0.15, -0.1) is 0 Å². The normalized spacial score (nSPS) is 11.5. The maximum absolute atomic E-state index is 13.8. The van der Waals surface area contributed by atoms with Gasteiger partial charge in [0.25, 0.3) is 0 Å². The maximum Gasteiger partial charge on any atom is 0.243 e. The molecule has 0 bridgehead atoms. The van der Waals surface area contributed by atoms with Gasteiger partial charge < -0.3 is 5.32 Å². The zero-order chi connectivity index (χ0) is 15.3. The number of hydrogen-bond acceptors (Lipinski definition) is 3. The first-order valence-corrected chi connectivity index (χ1v) is 7.98. The lowest BCUT2D eigenvalue weighted by atomic mass is 10.2. The summed E-state index contributed by atoms with van der Waals surface area (Å²) < 4.78 is 40.6. The Balaban J connectivity index is 2.21. The predicted octanol–water partition coefficient (Wildman–Crippen LogP) is 2.02. The minimum absolute atomic E-state index is 0.124. The molecule has 0 aromatic heterocycles. The van der Waals surface area contributed by atoms with Gasteiger partial charge in [-0.25, -0.2) is 17.5 Å². The fourth-order valence-corrected chi connectivity index (χ4v) is 3.06. The summed E-state index contributed by atoms with van der Waals surface area (Å²) in [7, 11) is -2.14. The van der Waals surface area contributed by atoms with Crippen molar-refractivity contribution in [3.05, 3.63) is 65.5 Å². The Labute approximate surface area is 124 Å². The average molecular weight is 308 g/mol. The molecule has 0 saturated heterocycles. The second-order valence-corrected chi connectivity index (χ2v) is 6.34. The van der Waals surface area contributed by atoms with E-state index in [9.17, 15) is 12.8 Å². The van der Waals surface area contributed by atoms with Crippen LogP contribution in [-0.4, -0.2) is 15.5 Å². The Morgan fingerprint density at radius 2 is 1.71 bits per heavy atom. The molecule has 2 aromatic carbocycles. The van der Waals surface area contributed by atoms with Gasteiger partial charge in [0.1, 0.15) is 10.7 Å². The van der Waals surface area contributed by atoms with E-state index in [2.05, 4.69) is 10.0 Å². The van der Waals surface area contributed by atoms with Crippen LogP contribution in [0.3, 0.4) is 0 Å². The smallest absolute Gasteiger partial charge is 0.243 e. The summed E-state index contributed by atoms with van der Waals surface area (Å²) in [5, 5.41) is 2.90. The van der Waals surface area contributed by atoms with Crippen LogP contribution in [0.2, 0.25) is 0 Å². The van der Waals surface area contributed by atoms with Crippen LogP contribution in [0, 0.1) is 5.82 Å². The van der Waals surface area contributed by atoms with Gasteiger partial charge in [0.15, 0.2) is 0 Å². The number of halogens is 1. The second-order valence-electron chi connectivity index (χ2n) is 4.61. The molecule has 0 saturated carbocycles. The lowest BCUT2D eigenvalue weighted by Crippen LogP contribution is -2.24. The third-order valence-electron chi connectivity index (χ3n) is 2.98. The molecule has 4 nitrogen and oxygen atoms in total. The summed E-state index contributed by atoms with van der Waals surface area (Å²) in [4.78, 5) is -0.328. The lowest BCUT2D eigenvalue weighted by Gasteiger charge is -2.09. The molecule has 6 heteroatoms. The molecule has 2 rings (SSSR count). The Bertz CT molecular complexity index is 703. The summed E-state index contributed by atoms with van der Waals surface area (Å²) in [5.41, 5.74) is 1.52. The molecule has 0 fully saturated rings. The lowest BCUT2D eigenvalue weighted by molar-refractivity contribution is 0.555. The molecule has 0 radical (unpaired) electrons. The van der Waals surface area contributed by atoms with Crippen molar-refractivity contribution in [1.29, 1.82) is 0 Å². The summed E-state index contributed by atoms with van der Waals surface area (Å²) in [6.07, 6.45) is 0. The van der Waals surface area contributed by atoms with E-state index in [4.69, 9.17) is 0 Å². The molecule has 0 spiro atoms. The number of hydrogen-bond donors (Lipinski definition) is 2. The molecule has 0 atom stereocenters. The summed E-state index contributed by atoms with van der Waals surface area (Å²) in [5.74, 6) is -0.754. The van der Waals surface area contributed by atoms with Crippen LogP contribution in [0.4, 0.5) is 4.39 Å². The van der Waals surface area contributed by atoms with E-state index >= 15 is 0 Å². The molecule has 2 N–H and O–H groups in total. The van der Waals surface area contributed by atoms with Gasteiger partial charge in [0, 0.05) is 13.1 Å². The van der Waals surface area contributed by atoms with Crippen LogP contribution in [-0.2, 0) is 23.1 Å². The third kappa shape index (κ3) is 4.10. The van der Waals surface area contributed by atoms with Crippen molar-refractivity contribution in [2.24, 2.45) is 0 Å². The minimum Gasteiger partial charge on any atom is -0.316 e. The number of nitrogens with one attached hydrogen (secondary N) is 2. The van der Waals surface area contributed by atoms with Crippen LogP contribution in [0.15, 0.2) is 53.4 Å². The summed E-state index contributed by atoms with van der Waals surface area (Å²) in [6, 6.07) is 13.2. The molecule has 112 valence electrons. The largest absolute Gasteiger partial charge is 0.316 e. The number of sulfonamides is 1. The molecular weight excluding hydrogens is 291 g/mol. The topological polar surface area (TPSA) is 58.2 Å². The monoisotopic (exact) mass is 308 g/mol. The minimum atomic E-state index is -3.88. The Morgan fingerprint density at radius 3 is 2.38 bits per heavy atom. The summed E-state index contributed by atoms with van der Waals surface area (Å²) >= 11 is 0. The van der Waals surface area contributed by atoms with E-state index in [0.717, 1.165) is 5.56 Å². The fourth-order valence-electron chi connectivity index (χ4n) is 1.92. The van der Waals surface area contributed by atoms with Crippen LogP contribution >= 0.6 is 0 Å². The molecule has 0 aliphatic heterocycles. The molecule has 0 heterocycles. The highest BCUT2D eigenvalue weighted by Gasteiger charge is 2.19. The molecule has 21 heavy (non-hydrogen) atoms. The highest BCUT2D eigenvalue weighted by atomic mass is 32.2. The molecule has 0 aliphatic carbocycles. The van der Waals surface area contributed by atoms with E-state index in [0.29, 0.717) is 12.1 Å². The number of rotatable bonds is 6. The van der Waals surface area contributed by atoms with Crippen LogP contribution in [0.1, 0.15) is 11.1 Å². The van der Waals surface area contributed by atoms with Crippen molar-refractivity contribution in [3.63, 3.8) is 0 Å². The van der Waals surface area contributed by atoms with Gasteiger partial charge >= 0.3 is 0 Å². The Hall–Kier alpha value is -1.76. The zero-order valence-corrected chi connectivity index (χ0v) is 12.5. The van der Waals surface area contributed by atoms with Crippen LogP contribution < -0.4 is 10.0 Å². The zero-order valence-electron chi connectivity index (χ0n) is 11.6. The van der Waals surface area contributed by atoms with E-state index < -0.39 is 15.8 Å². The number of benzene rings is 2. The average Bonchev–Trinajstić information content (AvgIpc) is 2.48. The first-order chi connectivity index (χ1) is 10.0. The molecule has 0 unspecified atom stereocenters. The SMILES string of the molecule is CNCc1ccc(F)c(S(=O)(=O)NCc2ccccc2)c1. The van der Waals surface area contributed by atoms with Crippen molar-refractivity contribution in [2.45, 2.75) is 18.0 Å². The van der Waals surface area contributed by atoms with E-state index in [1.807, 2.05) is 18.2 Å². The van der Waals surface area contributed by atoms with E-state index in [1.165, 1.54) is 12.1 Å². The summed E-state index contributed by atoms with van der Waals surface area (Å²) in [6.45, 7) is 0.598. The maximum atomic E-state index is 13.8. The molecule has 2 aromatic rings. The van der Waals surface area contributed by atoms with Gasteiger partial charge in [0.05, 0.1) is 0 Å². The first-order valence-electron chi connectivity index (χ1n) is 6.49. The van der Waals surface area contributed by atoms with Crippen LogP contribution in [0.5, 0.6) is 0 Å². The van der Waals surface area contributed by atoms with Gasteiger partial charge in [-0.2, -0.15) is 0 Å². The molecular formula is C15H17FN2O2S. The van der Waals surface area contributed by atoms with Gasteiger partial charge in [0.2, 0.25) is 10.0 Å². The standard InChI is InChI=1S/C15H17FN2O2S/c1-17-10-13-7-8-14(16)15(9-13)21(19,20)18-11-12-5-3-2-4-6-12/h2-9,17-18H,10-11H2,1H3. The Kier molecular flexibility index (Phi) is 5.06. The van der Waals surface area contributed by atoms with E-state index in [-0.39, 0.29) is 11.4 Å². The van der Waals surface area contributed by atoms with Crippen molar-refractivity contribution < 1.29 is 12.8 Å². The fraction of sp³-hybridized carbons (Fsp3) is 0.200. The quantitative estimate of drug-likeness (QED) is 0.858. The molecule has 0 amide bonds. The van der Waals surface area contributed by atoms with Crippen molar-refractivity contribution in [3.8, 4) is 0 Å². The van der Waals surface area contributed by atoms with Gasteiger partial charge in [-0.3, -0.25) is 0 Å². The highest BCUT2D eigenvalue weighted by molar-refractivity contribution is 7.89. The predicted molar refractivity (Wildman–Crippen MR) is 79.6 cm³/mol. The van der Waals surface area contributed by atoms with E-state index in [1.54, 1.807) is 25.2 Å². The van der Waals surface area contributed by atoms with Crippen molar-refractivity contribution in [1.82, 2.24) is 10.0 Å². The van der Waals surface area contributed by atoms with Crippen molar-refractivity contribution in [2.75, 3.05) is 7.05 Å². The molecule has 0 aliphatic rings. The highest BCUT2D eigenvalue weighted by Crippen LogP contribution is 2.17. The van der Waals surface area contributed by atoms with Gasteiger partial charge in [-0.05, 0) is 30.3 Å². The van der Waals surface area contributed by atoms with Crippen molar-refractivity contribution >= 4 is 10.0 Å². The second kappa shape index (κ2) is 6.80. The Morgan fingerprint density at radius 1 is 1.00 bits per heavy atom. The van der Waals surface area contributed by atoms with Crippen LogP contribution in [0.25, 0.3) is 0 Å². The van der Waals surface area contributed by atoms with Gasteiger partial charge in [-0.1, -0.05) is 36.4 Å². The first kappa shape index (κ1) is 15.6. The third-order valence-corrected chi connectivity index (χ3v) is 4.39.